The zero-order valence-corrected chi connectivity index (χ0v) is 12.4. The minimum absolute atomic E-state index is 0.119. The molecule has 5 nitrogen and oxygen atoms in total. The molecule has 1 aromatic carbocycles. The molecule has 2 aromatic rings. The second-order valence-corrected chi connectivity index (χ2v) is 5.53. The standard InChI is InChI=1S/C16H18FN3O2/c1-11-13(16(22)19-8-6-12(21)7-9-19)10-18-20(11)15-5-3-2-4-14(15)17/h2-5,10,12,21H,6-9H2,1H3. The summed E-state index contributed by atoms with van der Waals surface area (Å²) in [5, 5.41) is 13.7. The summed E-state index contributed by atoms with van der Waals surface area (Å²) in [6.07, 6.45) is 2.33. The first kappa shape index (κ1) is 14.7. The van der Waals surface area contributed by atoms with Crippen LogP contribution in [0.15, 0.2) is 30.5 Å². The van der Waals surface area contributed by atoms with E-state index in [1.807, 2.05) is 0 Å². The Morgan fingerprint density at radius 2 is 2.00 bits per heavy atom. The van der Waals surface area contributed by atoms with Gasteiger partial charge in [0.25, 0.3) is 5.91 Å². The van der Waals surface area contributed by atoms with E-state index < -0.39 is 0 Å². The third kappa shape index (κ3) is 2.62. The molecule has 1 aliphatic heterocycles. The van der Waals surface area contributed by atoms with Crippen molar-refractivity contribution in [3.8, 4) is 5.69 Å². The summed E-state index contributed by atoms with van der Waals surface area (Å²) in [5.74, 6) is -0.499. The third-order valence-corrected chi connectivity index (χ3v) is 4.07. The highest BCUT2D eigenvalue weighted by molar-refractivity contribution is 5.95. The summed E-state index contributed by atoms with van der Waals surface area (Å²) in [4.78, 5) is 14.3. The van der Waals surface area contributed by atoms with E-state index in [2.05, 4.69) is 5.10 Å². The highest BCUT2D eigenvalue weighted by Gasteiger charge is 2.25. The normalized spacial score (nSPS) is 16.0. The maximum absolute atomic E-state index is 13.9. The molecule has 1 N–H and O–H groups in total. The Balaban J connectivity index is 1.88. The minimum atomic E-state index is -0.381. The number of benzene rings is 1. The first-order chi connectivity index (χ1) is 10.6. The van der Waals surface area contributed by atoms with Crippen molar-refractivity contribution in [1.82, 2.24) is 14.7 Å². The lowest BCUT2D eigenvalue weighted by Gasteiger charge is -2.29. The van der Waals surface area contributed by atoms with Gasteiger partial charge in [0, 0.05) is 13.1 Å². The summed E-state index contributed by atoms with van der Waals surface area (Å²) >= 11 is 0. The molecule has 1 fully saturated rings. The van der Waals surface area contributed by atoms with E-state index >= 15 is 0 Å². The maximum atomic E-state index is 13.9. The molecule has 2 heterocycles. The SMILES string of the molecule is Cc1c(C(=O)N2CCC(O)CC2)cnn1-c1ccccc1F. The topological polar surface area (TPSA) is 58.4 Å². The molecule has 1 amide bonds. The molecular formula is C16H18FN3O2. The second-order valence-electron chi connectivity index (χ2n) is 5.53. The van der Waals surface area contributed by atoms with Gasteiger partial charge in [-0.3, -0.25) is 4.79 Å². The van der Waals surface area contributed by atoms with E-state index in [0.29, 0.717) is 42.9 Å². The van der Waals surface area contributed by atoms with Gasteiger partial charge in [0.1, 0.15) is 11.5 Å². The quantitative estimate of drug-likeness (QED) is 0.922. The lowest BCUT2D eigenvalue weighted by molar-refractivity contribution is 0.0546. The van der Waals surface area contributed by atoms with Gasteiger partial charge >= 0.3 is 0 Å². The van der Waals surface area contributed by atoms with Crippen molar-refractivity contribution in [1.29, 1.82) is 0 Å². The predicted molar refractivity (Wildman–Crippen MR) is 79.4 cm³/mol. The highest BCUT2D eigenvalue weighted by atomic mass is 19.1. The van der Waals surface area contributed by atoms with Crippen LogP contribution in [0.4, 0.5) is 4.39 Å². The van der Waals surface area contributed by atoms with Gasteiger partial charge in [0.05, 0.1) is 23.6 Å². The number of amides is 1. The number of para-hydroxylation sites is 1. The van der Waals surface area contributed by atoms with Crippen molar-refractivity contribution in [2.75, 3.05) is 13.1 Å². The number of hydrogen-bond acceptors (Lipinski definition) is 3. The van der Waals surface area contributed by atoms with E-state index in [-0.39, 0.29) is 17.8 Å². The Bertz CT molecular complexity index is 690. The molecule has 116 valence electrons. The predicted octanol–water partition coefficient (Wildman–Crippen LogP) is 1.92. The first-order valence-electron chi connectivity index (χ1n) is 7.35. The minimum Gasteiger partial charge on any atom is -0.393 e. The van der Waals surface area contributed by atoms with Crippen LogP contribution in [0.2, 0.25) is 0 Å². The molecule has 0 bridgehead atoms. The molecule has 1 aliphatic rings. The van der Waals surface area contributed by atoms with Gasteiger partial charge in [0.15, 0.2) is 0 Å². The third-order valence-electron chi connectivity index (χ3n) is 4.07. The van der Waals surface area contributed by atoms with E-state index in [0.717, 1.165) is 0 Å². The van der Waals surface area contributed by atoms with Gasteiger partial charge < -0.3 is 10.0 Å². The average Bonchev–Trinajstić information content (AvgIpc) is 2.89. The van der Waals surface area contributed by atoms with Crippen LogP contribution in [0.5, 0.6) is 0 Å². The monoisotopic (exact) mass is 303 g/mol. The number of piperidine rings is 1. The highest BCUT2D eigenvalue weighted by Crippen LogP contribution is 2.20. The molecule has 0 atom stereocenters. The lowest BCUT2D eigenvalue weighted by atomic mass is 10.1. The Hall–Kier alpha value is -2.21. The Morgan fingerprint density at radius 1 is 1.32 bits per heavy atom. The number of nitrogens with zero attached hydrogens (tertiary/aromatic N) is 3. The van der Waals surface area contributed by atoms with E-state index in [1.165, 1.54) is 16.9 Å². The molecule has 0 saturated carbocycles. The molecular weight excluding hydrogens is 285 g/mol. The number of hydrogen-bond donors (Lipinski definition) is 1. The van der Waals surface area contributed by atoms with Crippen molar-refractivity contribution >= 4 is 5.91 Å². The van der Waals surface area contributed by atoms with Crippen molar-refractivity contribution in [3.63, 3.8) is 0 Å². The number of aliphatic hydroxyl groups excluding tert-OH is 1. The number of rotatable bonds is 2. The number of aliphatic hydroxyl groups is 1. The van der Waals surface area contributed by atoms with Crippen LogP contribution in [0.1, 0.15) is 28.9 Å². The van der Waals surface area contributed by atoms with Gasteiger partial charge in [0.2, 0.25) is 0 Å². The van der Waals surface area contributed by atoms with Crippen molar-refractivity contribution in [2.24, 2.45) is 0 Å². The molecule has 1 saturated heterocycles. The molecule has 22 heavy (non-hydrogen) atoms. The zero-order valence-electron chi connectivity index (χ0n) is 12.4. The fraction of sp³-hybridized carbons (Fsp3) is 0.375. The molecule has 1 aromatic heterocycles. The summed E-state index contributed by atoms with van der Waals surface area (Å²) in [6.45, 7) is 2.82. The number of halogens is 1. The van der Waals surface area contributed by atoms with Crippen LogP contribution in [0.3, 0.4) is 0 Å². The average molecular weight is 303 g/mol. The Morgan fingerprint density at radius 3 is 2.68 bits per heavy atom. The Labute approximate surface area is 128 Å². The zero-order chi connectivity index (χ0) is 15.7. The smallest absolute Gasteiger partial charge is 0.257 e. The molecule has 3 rings (SSSR count). The number of aromatic nitrogens is 2. The van der Waals surface area contributed by atoms with E-state index in [1.54, 1.807) is 30.0 Å². The van der Waals surface area contributed by atoms with Crippen molar-refractivity contribution in [3.05, 3.63) is 47.5 Å². The summed E-state index contributed by atoms with van der Waals surface area (Å²) in [7, 11) is 0. The van der Waals surface area contributed by atoms with Gasteiger partial charge in [-0.1, -0.05) is 12.1 Å². The number of carbonyl (C=O) groups is 1. The van der Waals surface area contributed by atoms with Crippen LogP contribution in [-0.4, -0.2) is 44.9 Å². The van der Waals surface area contributed by atoms with Crippen molar-refractivity contribution < 1.29 is 14.3 Å². The number of carbonyl (C=O) groups excluding carboxylic acids is 1. The van der Waals surface area contributed by atoms with Crippen LogP contribution in [-0.2, 0) is 0 Å². The second kappa shape index (κ2) is 5.88. The lowest BCUT2D eigenvalue weighted by Crippen LogP contribution is -2.40. The molecule has 0 radical (unpaired) electrons. The number of likely N-dealkylation sites (tertiary alicyclic amines) is 1. The Kier molecular flexibility index (Phi) is 3.94. The van der Waals surface area contributed by atoms with E-state index in [4.69, 9.17) is 0 Å². The van der Waals surface area contributed by atoms with Gasteiger partial charge in [-0.25, -0.2) is 9.07 Å². The fourth-order valence-electron chi connectivity index (χ4n) is 2.73. The van der Waals surface area contributed by atoms with Gasteiger partial charge in [-0.2, -0.15) is 5.10 Å². The van der Waals surface area contributed by atoms with Crippen molar-refractivity contribution in [2.45, 2.75) is 25.9 Å². The summed E-state index contributed by atoms with van der Waals surface area (Å²) < 4.78 is 15.3. The first-order valence-corrected chi connectivity index (χ1v) is 7.35. The van der Waals surface area contributed by atoms with Crippen LogP contribution >= 0.6 is 0 Å². The van der Waals surface area contributed by atoms with Crippen LogP contribution < -0.4 is 0 Å². The van der Waals surface area contributed by atoms with Gasteiger partial charge in [-0.05, 0) is 31.9 Å². The summed E-state index contributed by atoms with van der Waals surface area (Å²) in [5.41, 5.74) is 1.41. The molecule has 6 heteroatoms. The van der Waals surface area contributed by atoms with Gasteiger partial charge in [-0.15, -0.1) is 0 Å². The molecule has 0 aliphatic carbocycles. The fourth-order valence-corrected chi connectivity index (χ4v) is 2.73. The molecule has 0 spiro atoms. The van der Waals surface area contributed by atoms with Crippen LogP contribution in [0.25, 0.3) is 5.69 Å². The van der Waals surface area contributed by atoms with E-state index in [9.17, 15) is 14.3 Å². The van der Waals surface area contributed by atoms with Crippen LogP contribution in [0, 0.1) is 12.7 Å². The maximum Gasteiger partial charge on any atom is 0.257 e. The summed E-state index contributed by atoms with van der Waals surface area (Å²) in [6, 6.07) is 6.33. The largest absolute Gasteiger partial charge is 0.393 e. The molecule has 0 unspecified atom stereocenters.